The largest absolute Gasteiger partial charge is 1.00 e. The van der Waals surface area contributed by atoms with Gasteiger partial charge in [-0.15, -0.1) is 0 Å². The molecular weight excluding hydrogens is 145 g/mol. The van der Waals surface area contributed by atoms with Gasteiger partial charge in [0.25, 0.3) is 0 Å². The summed E-state index contributed by atoms with van der Waals surface area (Å²) in [5.74, 6) is -0.525. The van der Waals surface area contributed by atoms with E-state index in [2.05, 4.69) is 5.32 Å². The molecule has 2 amide bonds. The zero-order valence-corrected chi connectivity index (χ0v) is 8.51. The number of hydrogen-bond acceptors (Lipinski definition) is 2. The predicted octanol–water partition coefficient (Wildman–Crippen LogP) is -2.40. The van der Waals surface area contributed by atoms with Gasteiger partial charge in [-0.05, 0) is 19.3 Å². The number of imide groups is 1. The van der Waals surface area contributed by atoms with Crippen LogP contribution in [-0.4, -0.2) is 11.8 Å². The minimum Gasteiger partial charge on any atom is -0.596 e. The first-order valence-corrected chi connectivity index (χ1v) is 2.56. The third kappa shape index (κ3) is 3.47. The quantitative estimate of drug-likeness (QED) is 0.286. The van der Waals surface area contributed by atoms with Gasteiger partial charge in [0.05, 0.1) is 11.8 Å². The number of nitrogens with zero attached hydrogens (tertiary/aromatic N) is 1. The molecule has 0 saturated carbocycles. The van der Waals surface area contributed by atoms with Crippen molar-refractivity contribution in [3.05, 3.63) is 5.32 Å². The van der Waals surface area contributed by atoms with Crippen LogP contribution in [0.15, 0.2) is 0 Å². The second-order valence-electron chi connectivity index (χ2n) is 1.75. The predicted molar refractivity (Wildman–Crippen MR) is 27.2 cm³/mol. The zero-order valence-electron chi connectivity index (χ0n) is 5.39. The molecule has 0 bridgehead atoms. The van der Waals surface area contributed by atoms with Gasteiger partial charge in [-0.1, -0.05) is 0 Å². The Balaban J connectivity index is 0.000000640. The fraction of sp³-hybridized carbons (Fsp3) is 0.600. The van der Waals surface area contributed by atoms with Crippen molar-refractivity contribution >= 4 is 11.8 Å². The molecular formula is C5H6KNO2. The first kappa shape index (κ1) is 9.78. The van der Waals surface area contributed by atoms with Gasteiger partial charge in [0.15, 0.2) is 0 Å². The molecule has 0 aromatic heterocycles. The molecule has 4 heteroatoms. The van der Waals surface area contributed by atoms with Crippen LogP contribution in [0, 0.1) is 0 Å². The van der Waals surface area contributed by atoms with Gasteiger partial charge in [-0.25, -0.2) is 0 Å². The van der Waals surface area contributed by atoms with Crippen molar-refractivity contribution in [2.24, 2.45) is 0 Å². The van der Waals surface area contributed by atoms with Crippen molar-refractivity contribution in [1.82, 2.24) is 0 Å². The van der Waals surface area contributed by atoms with Crippen LogP contribution in [0.25, 0.3) is 5.32 Å². The Morgan fingerprint density at radius 3 is 1.78 bits per heavy atom. The van der Waals surface area contributed by atoms with Gasteiger partial charge in [0, 0.05) is 0 Å². The minimum absolute atomic E-state index is 0. The molecule has 1 saturated heterocycles. The topological polar surface area (TPSA) is 48.2 Å². The van der Waals surface area contributed by atoms with E-state index in [-0.39, 0.29) is 63.2 Å². The van der Waals surface area contributed by atoms with Crippen LogP contribution in [0.4, 0.5) is 0 Å². The van der Waals surface area contributed by atoms with Gasteiger partial charge in [0.1, 0.15) is 0 Å². The number of amides is 2. The maximum atomic E-state index is 10.3. The third-order valence-electron chi connectivity index (χ3n) is 1.03. The fourth-order valence-corrected chi connectivity index (χ4v) is 0.642. The van der Waals surface area contributed by atoms with E-state index < -0.39 is 0 Å². The van der Waals surface area contributed by atoms with Gasteiger partial charge < -0.3 is 14.9 Å². The Morgan fingerprint density at radius 2 is 1.56 bits per heavy atom. The molecule has 1 rings (SSSR count). The average Bonchev–Trinajstić information content (AvgIpc) is 1.64. The van der Waals surface area contributed by atoms with Crippen molar-refractivity contribution in [2.45, 2.75) is 19.3 Å². The Labute approximate surface area is 96.0 Å². The van der Waals surface area contributed by atoms with E-state index >= 15 is 0 Å². The molecule has 0 aromatic carbocycles. The molecule has 0 aliphatic carbocycles. The number of carbonyl (C=O) groups is 2. The summed E-state index contributed by atoms with van der Waals surface area (Å²) in [5, 5.41) is 3.20. The standard InChI is InChI=1S/C5H7NO2.K/c7-4-2-1-3-5(8)6-4;/h1-3H2,(H,6,7,8);/q;+1/p-1. The molecule has 3 nitrogen and oxygen atoms in total. The summed E-state index contributed by atoms with van der Waals surface area (Å²) in [5.41, 5.74) is 0. The first-order chi connectivity index (χ1) is 3.79. The molecule has 0 N–H and O–H groups in total. The number of hydrogen-bond donors (Lipinski definition) is 0. The summed E-state index contributed by atoms with van der Waals surface area (Å²) in [6, 6.07) is 0. The third-order valence-corrected chi connectivity index (χ3v) is 1.03. The molecule has 0 unspecified atom stereocenters. The summed E-state index contributed by atoms with van der Waals surface area (Å²) in [4.78, 5) is 20.6. The number of piperidine rings is 1. The minimum atomic E-state index is -0.263. The maximum absolute atomic E-state index is 10.3. The average molecular weight is 151 g/mol. The summed E-state index contributed by atoms with van der Waals surface area (Å²) in [7, 11) is 0. The summed E-state index contributed by atoms with van der Waals surface area (Å²) in [6.07, 6.45) is 1.58. The van der Waals surface area contributed by atoms with E-state index in [0.717, 1.165) is 0 Å². The van der Waals surface area contributed by atoms with Crippen LogP contribution < -0.4 is 51.4 Å². The molecule has 1 aliphatic heterocycles. The van der Waals surface area contributed by atoms with Crippen LogP contribution in [0.1, 0.15) is 19.3 Å². The second-order valence-corrected chi connectivity index (χ2v) is 1.75. The monoisotopic (exact) mass is 151 g/mol. The molecule has 0 spiro atoms. The Kier molecular flexibility index (Phi) is 4.96. The molecule has 1 aliphatic rings. The van der Waals surface area contributed by atoms with E-state index in [1.54, 1.807) is 0 Å². The van der Waals surface area contributed by atoms with Crippen LogP contribution in [0.5, 0.6) is 0 Å². The van der Waals surface area contributed by atoms with Crippen LogP contribution in [0.2, 0.25) is 0 Å². The molecule has 1 fully saturated rings. The summed E-state index contributed by atoms with van der Waals surface area (Å²) < 4.78 is 0. The summed E-state index contributed by atoms with van der Waals surface area (Å²) in [6.45, 7) is 0. The molecule has 0 radical (unpaired) electrons. The SMILES string of the molecule is O=C1CCCC(=O)[N-]1.[K+]. The van der Waals surface area contributed by atoms with Gasteiger partial charge >= 0.3 is 51.4 Å². The van der Waals surface area contributed by atoms with Gasteiger partial charge in [-0.3, -0.25) is 0 Å². The fourth-order valence-electron chi connectivity index (χ4n) is 0.642. The van der Waals surface area contributed by atoms with Gasteiger partial charge in [-0.2, -0.15) is 0 Å². The second kappa shape index (κ2) is 4.57. The van der Waals surface area contributed by atoms with Crippen molar-refractivity contribution in [3.63, 3.8) is 0 Å². The maximum Gasteiger partial charge on any atom is 1.00 e. The van der Waals surface area contributed by atoms with Crippen molar-refractivity contribution in [2.75, 3.05) is 0 Å². The summed E-state index contributed by atoms with van der Waals surface area (Å²) >= 11 is 0. The number of rotatable bonds is 0. The normalized spacial score (nSPS) is 18.2. The van der Waals surface area contributed by atoms with E-state index in [1.165, 1.54) is 0 Å². The molecule has 0 atom stereocenters. The van der Waals surface area contributed by atoms with E-state index in [0.29, 0.717) is 19.3 Å². The smallest absolute Gasteiger partial charge is 0.596 e. The van der Waals surface area contributed by atoms with Crippen molar-refractivity contribution in [1.29, 1.82) is 0 Å². The Hall–Kier alpha value is 0.776. The molecule has 0 aromatic rings. The van der Waals surface area contributed by atoms with Gasteiger partial charge in [0.2, 0.25) is 0 Å². The van der Waals surface area contributed by atoms with E-state index in [4.69, 9.17) is 0 Å². The van der Waals surface area contributed by atoms with Crippen LogP contribution in [-0.2, 0) is 9.59 Å². The molecule has 9 heavy (non-hydrogen) atoms. The van der Waals surface area contributed by atoms with E-state index in [1.807, 2.05) is 0 Å². The van der Waals surface area contributed by atoms with Crippen molar-refractivity contribution < 1.29 is 61.0 Å². The molecule has 1 heterocycles. The molecule has 44 valence electrons. The Morgan fingerprint density at radius 1 is 1.11 bits per heavy atom. The van der Waals surface area contributed by atoms with E-state index in [9.17, 15) is 9.59 Å². The Bertz CT molecular complexity index is 121. The zero-order chi connectivity index (χ0) is 5.98. The van der Waals surface area contributed by atoms with Crippen molar-refractivity contribution in [3.8, 4) is 0 Å². The first-order valence-electron chi connectivity index (χ1n) is 2.56. The van der Waals surface area contributed by atoms with Crippen LogP contribution >= 0.6 is 0 Å². The number of carbonyl (C=O) groups excluding carboxylic acids is 2. The van der Waals surface area contributed by atoms with Crippen LogP contribution in [0.3, 0.4) is 0 Å².